The summed E-state index contributed by atoms with van der Waals surface area (Å²) in [6.45, 7) is 1.02. The molecule has 0 fully saturated rings. The van der Waals surface area contributed by atoms with E-state index in [9.17, 15) is 4.79 Å². The molecule has 0 spiro atoms. The van der Waals surface area contributed by atoms with E-state index in [0.29, 0.717) is 40.5 Å². The summed E-state index contributed by atoms with van der Waals surface area (Å²) in [5.41, 5.74) is 5.37. The lowest BCUT2D eigenvalue weighted by atomic mass is 10.0. The van der Waals surface area contributed by atoms with E-state index >= 15 is 0 Å². The predicted octanol–water partition coefficient (Wildman–Crippen LogP) is 5.11. The van der Waals surface area contributed by atoms with Crippen molar-refractivity contribution in [3.8, 4) is 11.3 Å². The normalized spacial score (nSPS) is 11.0. The molecular weight excluding hydrogens is 501 g/mol. The van der Waals surface area contributed by atoms with Gasteiger partial charge in [0.1, 0.15) is 13.7 Å². The maximum Gasteiger partial charge on any atom is 0.252 e. The van der Waals surface area contributed by atoms with Crippen LogP contribution in [0.3, 0.4) is 0 Å². The van der Waals surface area contributed by atoms with E-state index in [1.807, 2.05) is 85.1 Å². The van der Waals surface area contributed by atoms with Crippen LogP contribution in [0.1, 0.15) is 21.5 Å². The summed E-state index contributed by atoms with van der Waals surface area (Å²) in [4.78, 5) is 18.3. The number of hydrogen-bond acceptors (Lipinski definition) is 5. The maximum atomic E-state index is 12.6. The molecule has 0 aliphatic heterocycles. The average molecular weight is 524 g/mol. The molecule has 0 saturated heterocycles. The summed E-state index contributed by atoms with van der Waals surface area (Å²) in [6.07, 6.45) is 3.55. The van der Waals surface area contributed by atoms with Crippen molar-refractivity contribution in [2.45, 2.75) is 18.0 Å². The van der Waals surface area contributed by atoms with Gasteiger partial charge in [-0.2, -0.15) is 9.61 Å². The highest BCUT2D eigenvalue weighted by Gasteiger charge is 2.13. The standard InChI is InChI=1S/C28H23BClN5OS/c1-37-25-9-5-3-7-21(25)28(36)32-16-19-12-10-18(11-13-19)15-31-26-14-24(20-6-2-4-8-23(20)30)34-27-22(29)17-33-35(26)27/h2-14,17,31H,15-16H2,1H3,(H,32,36). The summed E-state index contributed by atoms with van der Waals surface area (Å²) in [6, 6.07) is 25.2. The fraction of sp³-hybridized carbons (Fsp3) is 0.107. The molecule has 0 atom stereocenters. The Labute approximate surface area is 225 Å². The van der Waals surface area contributed by atoms with Crippen LogP contribution < -0.4 is 16.1 Å². The molecule has 9 heteroatoms. The highest BCUT2D eigenvalue weighted by atomic mass is 35.5. The monoisotopic (exact) mass is 523 g/mol. The molecule has 2 N–H and O–H groups in total. The van der Waals surface area contributed by atoms with Crippen LogP contribution in [-0.4, -0.2) is 34.6 Å². The Morgan fingerprint density at radius 3 is 2.46 bits per heavy atom. The molecule has 182 valence electrons. The number of carbonyl (C=O) groups excluding carboxylic acids is 1. The minimum absolute atomic E-state index is 0.0785. The maximum absolute atomic E-state index is 12.6. The second kappa shape index (κ2) is 11.1. The van der Waals surface area contributed by atoms with Crippen molar-refractivity contribution in [3.63, 3.8) is 0 Å². The summed E-state index contributed by atoms with van der Waals surface area (Å²) in [5, 5.41) is 11.4. The Balaban J connectivity index is 1.28. The molecule has 2 radical (unpaired) electrons. The van der Waals surface area contributed by atoms with Gasteiger partial charge in [0.25, 0.3) is 5.91 Å². The first-order valence-electron chi connectivity index (χ1n) is 11.7. The third-order valence-corrected chi connectivity index (χ3v) is 7.08. The molecule has 5 aromatic rings. The molecular formula is C28H23BClN5OS. The van der Waals surface area contributed by atoms with Crippen molar-refractivity contribution in [2.75, 3.05) is 11.6 Å². The fourth-order valence-electron chi connectivity index (χ4n) is 3.99. The Hall–Kier alpha value is -3.75. The minimum Gasteiger partial charge on any atom is -0.366 e. The second-order valence-corrected chi connectivity index (χ2v) is 9.65. The van der Waals surface area contributed by atoms with Gasteiger partial charge in [0, 0.05) is 40.8 Å². The van der Waals surface area contributed by atoms with Gasteiger partial charge in [0.05, 0.1) is 11.3 Å². The Morgan fingerprint density at radius 1 is 1.00 bits per heavy atom. The van der Waals surface area contributed by atoms with Crippen LogP contribution in [0.2, 0.25) is 5.02 Å². The van der Waals surface area contributed by atoms with Crippen LogP contribution in [-0.2, 0) is 13.1 Å². The average Bonchev–Trinajstić information content (AvgIpc) is 3.31. The first kappa shape index (κ1) is 24.9. The molecule has 0 aliphatic carbocycles. The van der Waals surface area contributed by atoms with Gasteiger partial charge in [-0.25, -0.2) is 4.98 Å². The minimum atomic E-state index is -0.0785. The van der Waals surface area contributed by atoms with Gasteiger partial charge in [0.15, 0.2) is 5.65 Å². The van der Waals surface area contributed by atoms with E-state index in [4.69, 9.17) is 19.4 Å². The number of nitrogens with one attached hydrogen (secondary N) is 2. The van der Waals surface area contributed by atoms with Gasteiger partial charge < -0.3 is 10.6 Å². The number of hydrogen-bond donors (Lipinski definition) is 2. The Kier molecular flexibility index (Phi) is 7.49. The Bertz CT molecular complexity index is 1570. The quantitative estimate of drug-likeness (QED) is 0.219. The van der Waals surface area contributed by atoms with Crippen LogP contribution in [0.15, 0.2) is 90.0 Å². The van der Waals surface area contributed by atoms with E-state index in [-0.39, 0.29) is 5.91 Å². The number of nitrogens with zero attached hydrogens (tertiary/aromatic N) is 3. The number of carbonyl (C=O) groups is 1. The highest BCUT2D eigenvalue weighted by Crippen LogP contribution is 2.28. The smallest absolute Gasteiger partial charge is 0.252 e. The first-order chi connectivity index (χ1) is 18.0. The fourth-order valence-corrected chi connectivity index (χ4v) is 4.82. The number of thioether (sulfide) groups is 1. The molecule has 5 rings (SSSR count). The molecule has 0 bridgehead atoms. The number of fused-ring (bicyclic) bond motifs is 1. The van der Waals surface area contributed by atoms with E-state index < -0.39 is 0 Å². The first-order valence-corrected chi connectivity index (χ1v) is 13.3. The molecule has 2 aromatic heterocycles. The molecule has 37 heavy (non-hydrogen) atoms. The molecule has 0 aliphatic rings. The second-order valence-electron chi connectivity index (χ2n) is 8.39. The molecule has 1 amide bonds. The number of rotatable bonds is 8. The highest BCUT2D eigenvalue weighted by molar-refractivity contribution is 7.98. The van der Waals surface area contributed by atoms with Crippen molar-refractivity contribution in [1.82, 2.24) is 19.9 Å². The van der Waals surface area contributed by atoms with Crippen LogP contribution in [0.5, 0.6) is 0 Å². The van der Waals surface area contributed by atoms with Crippen LogP contribution in [0.4, 0.5) is 5.82 Å². The van der Waals surface area contributed by atoms with Gasteiger partial charge in [-0.1, -0.05) is 66.2 Å². The molecule has 0 saturated carbocycles. The van der Waals surface area contributed by atoms with E-state index in [2.05, 4.69) is 20.7 Å². The third kappa shape index (κ3) is 5.50. The summed E-state index contributed by atoms with van der Waals surface area (Å²) in [7, 11) is 6.12. The topological polar surface area (TPSA) is 71.3 Å². The van der Waals surface area contributed by atoms with Crippen molar-refractivity contribution in [1.29, 1.82) is 0 Å². The number of amides is 1. The van der Waals surface area contributed by atoms with Crippen molar-refractivity contribution in [2.24, 2.45) is 0 Å². The number of aromatic nitrogens is 3. The van der Waals surface area contributed by atoms with Gasteiger partial charge in [-0.3, -0.25) is 4.79 Å². The zero-order chi connectivity index (χ0) is 25.8. The van der Waals surface area contributed by atoms with Crippen LogP contribution in [0.25, 0.3) is 16.9 Å². The molecule has 6 nitrogen and oxygen atoms in total. The number of anilines is 1. The molecule has 0 unspecified atom stereocenters. The predicted molar refractivity (Wildman–Crippen MR) is 152 cm³/mol. The number of benzene rings is 3. The summed E-state index contributed by atoms with van der Waals surface area (Å²) >= 11 is 7.98. The van der Waals surface area contributed by atoms with Gasteiger partial charge in [0.2, 0.25) is 0 Å². The lowest BCUT2D eigenvalue weighted by Gasteiger charge is -2.12. The zero-order valence-electron chi connectivity index (χ0n) is 20.1. The van der Waals surface area contributed by atoms with Crippen LogP contribution in [0, 0.1) is 0 Å². The van der Waals surface area contributed by atoms with Crippen molar-refractivity contribution < 1.29 is 4.79 Å². The third-order valence-electron chi connectivity index (χ3n) is 5.95. The zero-order valence-corrected chi connectivity index (χ0v) is 21.7. The Morgan fingerprint density at radius 2 is 1.70 bits per heavy atom. The van der Waals surface area contributed by atoms with E-state index in [1.165, 1.54) is 0 Å². The largest absolute Gasteiger partial charge is 0.366 e. The summed E-state index contributed by atoms with van der Waals surface area (Å²) < 4.78 is 1.69. The van der Waals surface area contributed by atoms with E-state index in [0.717, 1.165) is 27.4 Å². The molecule has 3 aromatic carbocycles. The van der Waals surface area contributed by atoms with Gasteiger partial charge >= 0.3 is 0 Å². The van der Waals surface area contributed by atoms with Gasteiger partial charge in [-0.15, -0.1) is 11.8 Å². The van der Waals surface area contributed by atoms with E-state index in [1.54, 1.807) is 22.5 Å². The van der Waals surface area contributed by atoms with Crippen LogP contribution >= 0.6 is 23.4 Å². The SMILES string of the molecule is [B]c1cnn2c(NCc3ccc(CNC(=O)c4ccccc4SC)cc3)cc(-c3ccccc3Cl)nc12. The summed E-state index contributed by atoms with van der Waals surface area (Å²) in [5.74, 6) is 0.672. The van der Waals surface area contributed by atoms with Gasteiger partial charge in [-0.05, 0) is 41.0 Å². The lowest BCUT2D eigenvalue weighted by Crippen LogP contribution is -2.23. The lowest BCUT2D eigenvalue weighted by molar-refractivity contribution is 0.0948. The number of halogens is 1. The van der Waals surface area contributed by atoms with Crippen molar-refractivity contribution >= 4 is 54.0 Å². The molecule has 2 heterocycles. The van der Waals surface area contributed by atoms with Crippen molar-refractivity contribution in [3.05, 3.63) is 107 Å².